The van der Waals surface area contributed by atoms with Gasteiger partial charge in [-0.1, -0.05) is 12.1 Å². The molecule has 1 fully saturated rings. The average molecular weight is 339 g/mol. The molecule has 2 aromatic rings. The molecular weight excluding hydrogens is 323 g/mol. The molecule has 0 radical (unpaired) electrons. The third-order valence-electron chi connectivity index (χ3n) is 4.31. The summed E-state index contributed by atoms with van der Waals surface area (Å²) in [7, 11) is 0. The second-order valence-electron chi connectivity index (χ2n) is 5.78. The molecule has 2 nitrogen and oxygen atoms in total. The van der Waals surface area contributed by atoms with Gasteiger partial charge in [0, 0.05) is 16.8 Å². The van der Waals surface area contributed by atoms with Gasteiger partial charge in [-0.05, 0) is 48.9 Å². The highest BCUT2D eigenvalue weighted by molar-refractivity contribution is 7.10. The van der Waals surface area contributed by atoms with Gasteiger partial charge in [-0.2, -0.15) is 13.2 Å². The summed E-state index contributed by atoms with van der Waals surface area (Å²) >= 11 is 1.64. The Kier molecular flexibility index (Phi) is 4.19. The molecule has 1 aromatic heterocycles. The number of aryl methyl sites for hydroxylation is 1. The van der Waals surface area contributed by atoms with Crippen molar-refractivity contribution < 1.29 is 18.0 Å². The van der Waals surface area contributed by atoms with Gasteiger partial charge in [0.05, 0.1) is 11.1 Å². The molecule has 23 heavy (non-hydrogen) atoms. The van der Waals surface area contributed by atoms with E-state index in [1.165, 1.54) is 28.6 Å². The van der Waals surface area contributed by atoms with E-state index >= 15 is 0 Å². The number of hydrogen-bond acceptors (Lipinski definition) is 2. The summed E-state index contributed by atoms with van der Waals surface area (Å²) in [6.07, 6.45) is -2.79. The molecule has 2 atom stereocenters. The zero-order chi connectivity index (χ0) is 16.6. The fourth-order valence-electron chi connectivity index (χ4n) is 2.93. The SMILES string of the molecule is Cc1ccsc1C1CC[C@H]1NC(=O)c1ccccc1C(F)(F)F. The van der Waals surface area contributed by atoms with Crippen molar-refractivity contribution in [3.05, 3.63) is 57.3 Å². The number of benzene rings is 1. The fourth-order valence-corrected chi connectivity index (χ4v) is 4.05. The van der Waals surface area contributed by atoms with E-state index in [1.54, 1.807) is 11.3 Å². The van der Waals surface area contributed by atoms with Crippen LogP contribution in [0.5, 0.6) is 0 Å². The summed E-state index contributed by atoms with van der Waals surface area (Å²) in [4.78, 5) is 13.5. The maximum Gasteiger partial charge on any atom is 0.417 e. The molecule has 1 amide bonds. The number of halogens is 3. The lowest BCUT2D eigenvalue weighted by Gasteiger charge is -2.37. The molecule has 122 valence electrons. The van der Waals surface area contributed by atoms with Crippen LogP contribution in [-0.2, 0) is 6.18 Å². The number of carbonyl (C=O) groups excluding carboxylic acids is 1. The lowest BCUT2D eigenvalue weighted by Crippen LogP contribution is -2.45. The summed E-state index contributed by atoms with van der Waals surface area (Å²) in [6.45, 7) is 2.02. The van der Waals surface area contributed by atoms with E-state index in [0.29, 0.717) is 0 Å². The van der Waals surface area contributed by atoms with Gasteiger partial charge in [0.15, 0.2) is 0 Å². The molecule has 6 heteroatoms. The van der Waals surface area contributed by atoms with Crippen molar-refractivity contribution >= 4 is 17.2 Å². The minimum absolute atomic E-state index is 0.0962. The average Bonchev–Trinajstić information content (AvgIpc) is 2.88. The van der Waals surface area contributed by atoms with Crippen molar-refractivity contribution in [2.75, 3.05) is 0 Å². The molecule has 1 N–H and O–H groups in total. The molecule has 0 aliphatic heterocycles. The Morgan fingerprint density at radius 2 is 1.96 bits per heavy atom. The molecule has 1 unspecified atom stereocenters. The first kappa shape index (κ1) is 16.1. The minimum atomic E-state index is -4.53. The smallest absolute Gasteiger partial charge is 0.349 e. The first-order valence-corrected chi connectivity index (χ1v) is 8.27. The molecule has 1 saturated carbocycles. The Hall–Kier alpha value is -1.82. The Labute approximate surface area is 136 Å². The monoisotopic (exact) mass is 339 g/mol. The Bertz CT molecular complexity index is 723. The molecule has 1 aromatic carbocycles. The van der Waals surface area contributed by atoms with Crippen LogP contribution in [0, 0.1) is 6.92 Å². The highest BCUT2D eigenvalue weighted by Gasteiger charge is 2.38. The predicted molar refractivity (Wildman–Crippen MR) is 83.7 cm³/mol. The maximum atomic E-state index is 13.0. The van der Waals surface area contributed by atoms with Gasteiger partial charge >= 0.3 is 6.18 Å². The molecule has 1 aliphatic carbocycles. The van der Waals surface area contributed by atoms with Crippen molar-refractivity contribution in [1.82, 2.24) is 5.32 Å². The normalized spacial score (nSPS) is 20.9. The quantitative estimate of drug-likeness (QED) is 0.859. The largest absolute Gasteiger partial charge is 0.417 e. The van der Waals surface area contributed by atoms with E-state index in [9.17, 15) is 18.0 Å². The van der Waals surface area contributed by atoms with Crippen LogP contribution < -0.4 is 5.32 Å². The fraction of sp³-hybridized carbons (Fsp3) is 0.353. The van der Waals surface area contributed by atoms with Gasteiger partial charge in [0.1, 0.15) is 0 Å². The molecule has 0 spiro atoms. The van der Waals surface area contributed by atoms with E-state index in [1.807, 2.05) is 18.4 Å². The van der Waals surface area contributed by atoms with Crippen LogP contribution in [0.3, 0.4) is 0 Å². The number of rotatable bonds is 3. The zero-order valence-corrected chi connectivity index (χ0v) is 13.3. The van der Waals surface area contributed by atoms with Crippen molar-refractivity contribution in [1.29, 1.82) is 0 Å². The van der Waals surface area contributed by atoms with Crippen LogP contribution >= 0.6 is 11.3 Å². The van der Waals surface area contributed by atoms with Gasteiger partial charge in [-0.15, -0.1) is 11.3 Å². The lowest BCUT2D eigenvalue weighted by molar-refractivity contribution is -0.137. The third kappa shape index (κ3) is 3.13. The van der Waals surface area contributed by atoms with E-state index in [2.05, 4.69) is 5.32 Å². The summed E-state index contributed by atoms with van der Waals surface area (Å²) in [5.41, 5.74) is -0.0242. The second-order valence-corrected chi connectivity index (χ2v) is 6.72. The number of amides is 1. The molecule has 3 rings (SSSR count). The van der Waals surface area contributed by atoms with Gasteiger partial charge in [-0.3, -0.25) is 4.79 Å². The molecule has 1 aliphatic rings. The number of nitrogens with one attached hydrogen (secondary N) is 1. The Balaban J connectivity index is 1.77. The first-order valence-electron chi connectivity index (χ1n) is 7.39. The van der Waals surface area contributed by atoms with Crippen LogP contribution in [0.25, 0.3) is 0 Å². The van der Waals surface area contributed by atoms with E-state index in [-0.39, 0.29) is 17.5 Å². The van der Waals surface area contributed by atoms with Crippen molar-refractivity contribution in [2.24, 2.45) is 0 Å². The highest BCUT2D eigenvalue weighted by Crippen LogP contribution is 2.41. The second kappa shape index (κ2) is 6.00. The zero-order valence-electron chi connectivity index (χ0n) is 12.5. The number of hydrogen-bond donors (Lipinski definition) is 1. The van der Waals surface area contributed by atoms with Crippen LogP contribution in [0.4, 0.5) is 13.2 Å². The van der Waals surface area contributed by atoms with Gasteiger partial charge in [-0.25, -0.2) is 0 Å². The van der Waals surface area contributed by atoms with E-state index in [0.717, 1.165) is 18.9 Å². The van der Waals surface area contributed by atoms with Crippen LogP contribution in [0.1, 0.15) is 45.1 Å². The van der Waals surface area contributed by atoms with Crippen LogP contribution in [0.2, 0.25) is 0 Å². The van der Waals surface area contributed by atoms with Crippen LogP contribution in [0.15, 0.2) is 35.7 Å². The third-order valence-corrected chi connectivity index (χ3v) is 5.46. The summed E-state index contributed by atoms with van der Waals surface area (Å²) in [5.74, 6) is -0.446. The van der Waals surface area contributed by atoms with E-state index < -0.39 is 17.6 Å². The lowest BCUT2D eigenvalue weighted by atomic mass is 9.77. The first-order chi connectivity index (χ1) is 10.9. The highest BCUT2D eigenvalue weighted by atomic mass is 32.1. The minimum Gasteiger partial charge on any atom is -0.349 e. The number of alkyl halides is 3. The van der Waals surface area contributed by atoms with Crippen molar-refractivity contribution in [3.8, 4) is 0 Å². The van der Waals surface area contributed by atoms with Gasteiger partial charge < -0.3 is 5.32 Å². The molecule has 1 heterocycles. The predicted octanol–water partition coefficient (Wildman–Crippen LogP) is 4.75. The number of carbonyl (C=O) groups is 1. The van der Waals surface area contributed by atoms with Gasteiger partial charge in [0.25, 0.3) is 5.91 Å². The Morgan fingerprint density at radius 3 is 2.52 bits per heavy atom. The topological polar surface area (TPSA) is 29.1 Å². The molecule has 0 saturated heterocycles. The molecule has 0 bridgehead atoms. The van der Waals surface area contributed by atoms with Crippen molar-refractivity contribution in [2.45, 2.75) is 37.9 Å². The van der Waals surface area contributed by atoms with Crippen molar-refractivity contribution in [3.63, 3.8) is 0 Å². The summed E-state index contributed by atoms with van der Waals surface area (Å²) in [5, 5.41) is 4.78. The summed E-state index contributed by atoms with van der Waals surface area (Å²) < 4.78 is 39.0. The summed E-state index contributed by atoms with van der Waals surface area (Å²) in [6, 6.07) is 6.84. The Morgan fingerprint density at radius 1 is 1.22 bits per heavy atom. The van der Waals surface area contributed by atoms with Gasteiger partial charge in [0.2, 0.25) is 0 Å². The maximum absolute atomic E-state index is 13.0. The van der Waals surface area contributed by atoms with Crippen LogP contribution in [-0.4, -0.2) is 11.9 Å². The molecular formula is C17H16F3NOS. The standard InChI is InChI=1S/C17H16F3NOS/c1-10-8-9-23-15(10)12-6-7-14(12)21-16(22)11-4-2-3-5-13(11)17(18,19)20/h2-5,8-9,12,14H,6-7H2,1H3,(H,21,22)/t12?,14-/m1/s1. The number of thiophene rings is 1. The van der Waals surface area contributed by atoms with E-state index in [4.69, 9.17) is 0 Å².